The van der Waals surface area contributed by atoms with Crippen molar-refractivity contribution >= 4 is 32.7 Å². The van der Waals surface area contributed by atoms with Gasteiger partial charge >= 0.3 is 6.03 Å². The van der Waals surface area contributed by atoms with Crippen LogP contribution in [0, 0.1) is 17.8 Å². The highest BCUT2D eigenvalue weighted by molar-refractivity contribution is 7.22. The molecular formula is C18H19N3O2S. The van der Waals surface area contributed by atoms with Gasteiger partial charge in [0.1, 0.15) is 11.8 Å². The summed E-state index contributed by atoms with van der Waals surface area (Å²) in [5.41, 5.74) is 2.10. The number of aromatic nitrogens is 1. The van der Waals surface area contributed by atoms with Crippen LogP contribution in [-0.2, 0) is 6.42 Å². The van der Waals surface area contributed by atoms with Gasteiger partial charge in [-0.3, -0.25) is 4.90 Å². The van der Waals surface area contributed by atoms with Gasteiger partial charge in [0.05, 0.1) is 22.9 Å². The Morgan fingerprint density at radius 2 is 2.29 bits per heavy atom. The number of amides is 2. The predicted octanol–water partition coefficient (Wildman–Crippen LogP) is 3.18. The minimum Gasteiger partial charge on any atom is -0.493 e. The van der Waals surface area contributed by atoms with E-state index in [-0.39, 0.29) is 18.1 Å². The standard InChI is InChI=1S/C18H19N3O2S/c1-4-5-12-15(10(2)3)19-17(22)21(12)18-20-16-11-8-9-23-13(11)6-7-14(16)24-18/h6-7,10,12,15H,8-9H2,1-3H3,(H,19,22)/t12-,15-/m0/s1. The quantitative estimate of drug-likeness (QED) is 0.854. The van der Waals surface area contributed by atoms with E-state index in [1.807, 2.05) is 12.1 Å². The number of urea groups is 1. The number of carbonyl (C=O) groups excluding carboxylic acids is 1. The van der Waals surface area contributed by atoms with Crippen molar-refractivity contribution in [3.05, 3.63) is 17.7 Å². The van der Waals surface area contributed by atoms with Gasteiger partial charge in [-0.25, -0.2) is 9.78 Å². The van der Waals surface area contributed by atoms with Crippen molar-refractivity contribution in [1.29, 1.82) is 0 Å². The van der Waals surface area contributed by atoms with Crippen LogP contribution in [0.25, 0.3) is 10.2 Å². The van der Waals surface area contributed by atoms with Crippen LogP contribution in [0.4, 0.5) is 9.93 Å². The smallest absolute Gasteiger partial charge is 0.325 e. The molecule has 124 valence electrons. The first-order valence-electron chi connectivity index (χ1n) is 8.17. The second kappa shape index (κ2) is 5.67. The molecule has 0 spiro atoms. The third-order valence-electron chi connectivity index (χ3n) is 4.56. The van der Waals surface area contributed by atoms with Gasteiger partial charge in [0.25, 0.3) is 0 Å². The lowest BCUT2D eigenvalue weighted by molar-refractivity contribution is 0.249. The van der Waals surface area contributed by atoms with Gasteiger partial charge in [-0.05, 0) is 25.0 Å². The van der Waals surface area contributed by atoms with E-state index in [0.29, 0.717) is 17.7 Å². The first kappa shape index (κ1) is 15.3. The van der Waals surface area contributed by atoms with Crippen LogP contribution in [0.2, 0.25) is 0 Å². The number of thiazole rings is 1. The molecule has 2 aliphatic rings. The zero-order valence-electron chi connectivity index (χ0n) is 13.9. The fourth-order valence-electron chi connectivity index (χ4n) is 3.38. The van der Waals surface area contributed by atoms with Crippen molar-refractivity contribution in [1.82, 2.24) is 10.3 Å². The summed E-state index contributed by atoms with van der Waals surface area (Å²) in [6.07, 6.45) is 0.870. The molecule has 2 amide bonds. The third kappa shape index (κ3) is 2.23. The second-order valence-corrected chi connectivity index (χ2v) is 7.42. The molecular weight excluding hydrogens is 322 g/mol. The van der Waals surface area contributed by atoms with E-state index in [0.717, 1.165) is 28.0 Å². The molecule has 1 fully saturated rings. The molecule has 0 bridgehead atoms. The molecule has 2 aliphatic heterocycles. The molecule has 1 N–H and O–H groups in total. The van der Waals surface area contributed by atoms with Gasteiger partial charge in [0.2, 0.25) is 0 Å². The lowest BCUT2D eigenvalue weighted by Crippen LogP contribution is -2.38. The average molecular weight is 341 g/mol. The molecule has 6 heteroatoms. The molecule has 1 saturated heterocycles. The Morgan fingerprint density at radius 3 is 3.04 bits per heavy atom. The predicted molar refractivity (Wildman–Crippen MR) is 95.7 cm³/mol. The number of anilines is 1. The Bertz CT molecular complexity index is 877. The minimum absolute atomic E-state index is 0.00557. The van der Waals surface area contributed by atoms with Crippen molar-refractivity contribution in [3.8, 4) is 17.6 Å². The Morgan fingerprint density at radius 1 is 1.46 bits per heavy atom. The zero-order chi connectivity index (χ0) is 16.8. The SMILES string of the molecule is CC#C[C@H]1[C@H](C(C)C)NC(=O)N1c1nc2c3c(ccc2s1)OCC3. The van der Waals surface area contributed by atoms with E-state index in [9.17, 15) is 4.79 Å². The fourth-order valence-corrected chi connectivity index (χ4v) is 4.41. The molecule has 4 rings (SSSR count). The van der Waals surface area contributed by atoms with Gasteiger partial charge in [-0.2, -0.15) is 0 Å². The largest absolute Gasteiger partial charge is 0.493 e. The fraction of sp³-hybridized carbons (Fsp3) is 0.444. The lowest BCUT2D eigenvalue weighted by Gasteiger charge is -2.21. The van der Waals surface area contributed by atoms with Crippen LogP contribution in [-0.4, -0.2) is 29.7 Å². The van der Waals surface area contributed by atoms with Gasteiger partial charge in [0.15, 0.2) is 5.13 Å². The van der Waals surface area contributed by atoms with Crippen molar-refractivity contribution in [2.45, 2.75) is 39.3 Å². The molecule has 0 aliphatic carbocycles. The molecule has 5 nitrogen and oxygen atoms in total. The number of nitrogens with zero attached hydrogens (tertiary/aromatic N) is 2. The maximum atomic E-state index is 12.6. The Labute approximate surface area is 145 Å². The van der Waals surface area contributed by atoms with Crippen molar-refractivity contribution in [2.24, 2.45) is 5.92 Å². The van der Waals surface area contributed by atoms with Crippen LogP contribution in [0.3, 0.4) is 0 Å². The molecule has 0 radical (unpaired) electrons. The van der Waals surface area contributed by atoms with Gasteiger partial charge in [0, 0.05) is 12.0 Å². The van der Waals surface area contributed by atoms with Crippen LogP contribution >= 0.6 is 11.3 Å². The number of ether oxygens (including phenoxy) is 1. The number of nitrogens with one attached hydrogen (secondary N) is 1. The molecule has 2 atom stereocenters. The Hall–Kier alpha value is -2.26. The molecule has 1 aromatic heterocycles. The van der Waals surface area contributed by atoms with E-state index >= 15 is 0 Å². The maximum absolute atomic E-state index is 12.6. The first-order chi connectivity index (χ1) is 11.6. The highest BCUT2D eigenvalue weighted by Gasteiger charge is 2.42. The third-order valence-corrected chi connectivity index (χ3v) is 5.58. The molecule has 1 aromatic carbocycles. The summed E-state index contributed by atoms with van der Waals surface area (Å²) in [6.45, 7) is 6.70. The lowest BCUT2D eigenvalue weighted by atomic mass is 9.98. The summed E-state index contributed by atoms with van der Waals surface area (Å²) in [4.78, 5) is 19.1. The number of hydrogen-bond acceptors (Lipinski definition) is 4. The highest BCUT2D eigenvalue weighted by atomic mass is 32.1. The van der Waals surface area contributed by atoms with Crippen molar-refractivity contribution < 1.29 is 9.53 Å². The molecule has 0 saturated carbocycles. The summed E-state index contributed by atoms with van der Waals surface area (Å²) in [5.74, 6) is 7.36. The van der Waals surface area contributed by atoms with Crippen LogP contribution in [0.5, 0.6) is 5.75 Å². The van der Waals surface area contributed by atoms with Gasteiger partial charge in [-0.1, -0.05) is 31.1 Å². The van der Waals surface area contributed by atoms with E-state index in [1.54, 1.807) is 11.8 Å². The van der Waals surface area contributed by atoms with Gasteiger partial charge < -0.3 is 10.1 Å². The maximum Gasteiger partial charge on any atom is 0.325 e. The van der Waals surface area contributed by atoms with Crippen LogP contribution in [0.1, 0.15) is 26.3 Å². The number of carbonyl (C=O) groups is 1. The number of benzene rings is 1. The monoisotopic (exact) mass is 341 g/mol. The summed E-state index contributed by atoms with van der Waals surface area (Å²) in [7, 11) is 0. The van der Waals surface area contributed by atoms with E-state index in [1.165, 1.54) is 11.3 Å². The second-order valence-electron chi connectivity index (χ2n) is 6.41. The normalized spacial score (nSPS) is 22.3. The average Bonchev–Trinajstić information content (AvgIpc) is 3.22. The van der Waals surface area contributed by atoms with E-state index in [2.05, 4.69) is 31.0 Å². The number of fused-ring (bicyclic) bond motifs is 3. The number of rotatable bonds is 2. The van der Waals surface area contributed by atoms with E-state index < -0.39 is 0 Å². The van der Waals surface area contributed by atoms with Crippen LogP contribution < -0.4 is 15.0 Å². The highest BCUT2D eigenvalue weighted by Crippen LogP contribution is 2.39. The Kier molecular flexibility index (Phi) is 3.61. The molecule has 0 unspecified atom stereocenters. The van der Waals surface area contributed by atoms with Crippen LogP contribution in [0.15, 0.2) is 12.1 Å². The first-order valence-corrected chi connectivity index (χ1v) is 8.99. The summed E-state index contributed by atoms with van der Waals surface area (Å²) >= 11 is 1.54. The molecule has 24 heavy (non-hydrogen) atoms. The Balaban J connectivity index is 1.80. The molecule has 3 heterocycles. The minimum atomic E-state index is -0.188. The topological polar surface area (TPSA) is 54.5 Å². The summed E-state index contributed by atoms with van der Waals surface area (Å²) < 4.78 is 6.70. The van der Waals surface area contributed by atoms with Gasteiger partial charge in [-0.15, -0.1) is 5.92 Å². The van der Waals surface area contributed by atoms with E-state index in [4.69, 9.17) is 9.72 Å². The van der Waals surface area contributed by atoms with Crippen molar-refractivity contribution in [2.75, 3.05) is 11.5 Å². The zero-order valence-corrected chi connectivity index (χ0v) is 14.7. The number of hydrogen-bond donors (Lipinski definition) is 1. The molecule has 2 aromatic rings. The summed E-state index contributed by atoms with van der Waals surface area (Å²) in [5, 5.41) is 3.77. The summed E-state index contributed by atoms with van der Waals surface area (Å²) in [6, 6.07) is 3.72. The van der Waals surface area contributed by atoms with Crippen molar-refractivity contribution in [3.63, 3.8) is 0 Å².